The summed E-state index contributed by atoms with van der Waals surface area (Å²) < 4.78 is 4.92. The van der Waals surface area contributed by atoms with E-state index in [0.717, 1.165) is 13.1 Å². The van der Waals surface area contributed by atoms with Crippen molar-refractivity contribution in [2.75, 3.05) is 25.6 Å². The van der Waals surface area contributed by atoms with Gasteiger partial charge >= 0.3 is 6.01 Å². The van der Waals surface area contributed by atoms with E-state index in [1.165, 1.54) is 26.4 Å². The first-order chi connectivity index (χ1) is 7.78. The Kier molecular flexibility index (Phi) is 3.74. The first-order valence-electron chi connectivity index (χ1n) is 5.25. The maximum atomic E-state index is 5.75. The Balaban J connectivity index is 2.04. The highest BCUT2D eigenvalue weighted by Gasteiger charge is 2.12. The topological polar surface area (TPSA) is 63.2 Å². The lowest BCUT2D eigenvalue weighted by Gasteiger charge is -2.26. The third kappa shape index (κ3) is 2.93. The fourth-order valence-electron chi connectivity index (χ4n) is 1.62. The molecule has 0 spiro atoms. The van der Waals surface area contributed by atoms with Gasteiger partial charge in [-0.15, -0.1) is 0 Å². The Hall–Kier alpha value is -1.14. The number of nitrogens with one attached hydrogen (secondary N) is 1. The molecule has 0 radical (unpaired) electrons. The van der Waals surface area contributed by atoms with E-state index in [9.17, 15) is 0 Å². The number of nitrogens with zero attached hydrogens (tertiary/aromatic N) is 4. The molecule has 0 unspecified atom stereocenters. The van der Waals surface area contributed by atoms with E-state index in [-0.39, 0.29) is 11.3 Å². The summed E-state index contributed by atoms with van der Waals surface area (Å²) in [5.74, 6) is 0.429. The zero-order chi connectivity index (χ0) is 11.4. The van der Waals surface area contributed by atoms with Gasteiger partial charge in [-0.2, -0.15) is 15.0 Å². The van der Waals surface area contributed by atoms with Gasteiger partial charge in [-0.3, -0.25) is 5.43 Å². The summed E-state index contributed by atoms with van der Waals surface area (Å²) in [6.45, 7) is 1.98. The van der Waals surface area contributed by atoms with Crippen LogP contribution in [0.25, 0.3) is 0 Å². The number of halogens is 1. The van der Waals surface area contributed by atoms with Crippen LogP contribution >= 0.6 is 11.6 Å². The van der Waals surface area contributed by atoms with Crippen LogP contribution in [0.15, 0.2) is 0 Å². The maximum absolute atomic E-state index is 5.75. The van der Waals surface area contributed by atoms with Gasteiger partial charge in [0.1, 0.15) is 0 Å². The van der Waals surface area contributed by atoms with Crippen LogP contribution in [0.5, 0.6) is 6.01 Å². The molecule has 0 atom stereocenters. The summed E-state index contributed by atoms with van der Waals surface area (Å²) in [5, 5.41) is 2.21. The largest absolute Gasteiger partial charge is 0.467 e. The van der Waals surface area contributed by atoms with Crippen molar-refractivity contribution in [1.82, 2.24) is 20.0 Å². The predicted molar refractivity (Wildman–Crippen MR) is 60.4 cm³/mol. The highest BCUT2D eigenvalue weighted by molar-refractivity contribution is 6.28. The third-order valence-electron chi connectivity index (χ3n) is 2.38. The number of piperidine rings is 1. The summed E-state index contributed by atoms with van der Waals surface area (Å²) in [4.78, 5) is 11.9. The van der Waals surface area contributed by atoms with Gasteiger partial charge in [0, 0.05) is 13.1 Å². The molecule has 6 nitrogen and oxygen atoms in total. The highest BCUT2D eigenvalue weighted by Crippen LogP contribution is 2.13. The Morgan fingerprint density at radius 2 is 1.94 bits per heavy atom. The number of methoxy groups -OCH3 is 1. The Morgan fingerprint density at radius 3 is 2.62 bits per heavy atom. The van der Waals surface area contributed by atoms with Crippen molar-refractivity contribution >= 4 is 17.5 Å². The second-order valence-electron chi connectivity index (χ2n) is 3.57. The standard InChI is InChI=1S/C9H14ClN5O/c1-16-9-12-7(10)11-8(13-9)14-15-5-3-2-4-6-15/h2-6H2,1H3,(H,11,12,13,14). The average molecular weight is 244 g/mol. The van der Waals surface area contributed by atoms with E-state index in [0.29, 0.717) is 5.95 Å². The van der Waals surface area contributed by atoms with Crippen LogP contribution < -0.4 is 10.2 Å². The molecule has 0 aromatic carbocycles. The van der Waals surface area contributed by atoms with Crippen LogP contribution in [0.1, 0.15) is 19.3 Å². The number of hydrogen-bond donors (Lipinski definition) is 1. The molecule has 1 aliphatic rings. The average Bonchev–Trinajstić information content (AvgIpc) is 2.29. The van der Waals surface area contributed by atoms with Crippen LogP contribution in [-0.4, -0.2) is 40.2 Å². The van der Waals surface area contributed by atoms with Gasteiger partial charge in [0.05, 0.1) is 7.11 Å². The highest BCUT2D eigenvalue weighted by atomic mass is 35.5. The lowest BCUT2D eigenvalue weighted by Crippen LogP contribution is -2.35. The van der Waals surface area contributed by atoms with Crippen molar-refractivity contribution in [3.63, 3.8) is 0 Å². The van der Waals surface area contributed by atoms with Crippen LogP contribution in [0, 0.1) is 0 Å². The van der Waals surface area contributed by atoms with Crippen LogP contribution in [-0.2, 0) is 0 Å². The number of hydrogen-bond acceptors (Lipinski definition) is 6. The van der Waals surface area contributed by atoms with Crippen LogP contribution in [0.3, 0.4) is 0 Å². The fourth-order valence-corrected chi connectivity index (χ4v) is 1.77. The minimum atomic E-state index is 0.131. The fraction of sp³-hybridized carbons (Fsp3) is 0.667. The van der Waals surface area contributed by atoms with Crippen molar-refractivity contribution in [2.45, 2.75) is 19.3 Å². The molecule has 0 saturated carbocycles. The minimum Gasteiger partial charge on any atom is -0.467 e. The Bertz CT molecular complexity index is 356. The van der Waals surface area contributed by atoms with Crippen molar-refractivity contribution in [1.29, 1.82) is 0 Å². The summed E-state index contributed by atoms with van der Waals surface area (Å²) in [5.41, 5.74) is 3.10. The van der Waals surface area contributed by atoms with Gasteiger partial charge in [0.2, 0.25) is 11.2 Å². The third-order valence-corrected chi connectivity index (χ3v) is 2.55. The summed E-state index contributed by atoms with van der Waals surface area (Å²) >= 11 is 5.75. The number of hydrazine groups is 1. The normalized spacial score (nSPS) is 17.1. The van der Waals surface area contributed by atoms with Gasteiger partial charge in [-0.25, -0.2) is 5.01 Å². The zero-order valence-corrected chi connectivity index (χ0v) is 9.87. The molecule has 88 valence electrons. The lowest BCUT2D eigenvalue weighted by molar-refractivity contribution is 0.270. The molecule has 2 heterocycles. The summed E-state index contributed by atoms with van der Waals surface area (Å²) in [7, 11) is 1.50. The summed E-state index contributed by atoms with van der Waals surface area (Å²) in [6.07, 6.45) is 3.64. The van der Waals surface area contributed by atoms with E-state index < -0.39 is 0 Å². The number of rotatable bonds is 3. The summed E-state index contributed by atoms with van der Waals surface area (Å²) in [6, 6.07) is 0.222. The zero-order valence-electron chi connectivity index (χ0n) is 9.11. The molecule has 1 aromatic rings. The quantitative estimate of drug-likeness (QED) is 0.865. The smallest absolute Gasteiger partial charge is 0.322 e. The molecule has 0 bridgehead atoms. The SMILES string of the molecule is COc1nc(Cl)nc(NN2CCCCC2)n1. The molecule has 7 heteroatoms. The van der Waals surface area contributed by atoms with Gasteiger partial charge in [0.15, 0.2) is 0 Å². The van der Waals surface area contributed by atoms with Crippen molar-refractivity contribution in [2.24, 2.45) is 0 Å². The number of anilines is 1. The molecule has 1 saturated heterocycles. The molecule has 0 amide bonds. The van der Waals surface area contributed by atoms with E-state index in [4.69, 9.17) is 16.3 Å². The van der Waals surface area contributed by atoms with Crippen molar-refractivity contribution < 1.29 is 4.74 Å². The molecule has 2 rings (SSSR count). The lowest BCUT2D eigenvalue weighted by atomic mass is 10.2. The van der Waals surface area contributed by atoms with Gasteiger partial charge in [-0.1, -0.05) is 6.42 Å². The van der Waals surface area contributed by atoms with Gasteiger partial charge in [0.25, 0.3) is 0 Å². The second kappa shape index (κ2) is 5.27. The van der Waals surface area contributed by atoms with Gasteiger partial charge < -0.3 is 4.74 Å². The monoisotopic (exact) mass is 243 g/mol. The molecular weight excluding hydrogens is 230 g/mol. The second-order valence-corrected chi connectivity index (χ2v) is 3.91. The number of aromatic nitrogens is 3. The molecule has 1 aliphatic heterocycles. The maximum Gasteiger partial charge on any atom is 0.322 e. The van der Waals surface area contributed by atoms with Crippen molar-refractivity contribution in [3.8, 4) is 6.01 Å². The Labute approximate surface area is 99.0 Å². The van der Waals surface area contributed by atoms with E-state index in [1.54, 1.807) is 0 Å². The minimum absolute atomic E-state index is 0.131. The molecule has 1 N–H and O–H groups in total. The van der Waals surface area contributed by atoms with Crippen LogP contribution in [0.2, 0.25) is 5.28 Å². The first kappa shape index (κ1) is 11.3. The van der Waals surface area contributed by atoms with E-state index in [2.05, 4.69) is 25.4 Å². The molecule has 1 fully saturated rings. The molecule has 0 aliphatic carbocycles. The molecular formula is C9H14ClN5O. The molecule has 16 heavy (non-hydrogen) atoms. The van der Waals surface area contributed by atoms with E-state index in [1.807, 2.05) is 0 Å². The Morgan fingerprint density at radius 1 is 1.19 bits per heavy atom. The molecule has 1 aromatic heterocycles. The predicted octanol–water partition coefficient (Wildman–Crippen LogP) is 1.35. The number of ether oxygens (including phenoxy) is 1. The van der Waals surface area contributed by atoms with Crippen LogP contribution in [0.4, 0.5) is 5.95 Å². The van der Waals surface area contributed by atoms with Crippen molar-refractivity contribution in [3.05, 3.63) is 5.28 Å². The first-order valence-corrected chi connectivity index (χ1v) is 5.63. The van der Waals surface area contributed by atoms with Gasteiger partial charge in [-0.05, 0) is 24.4 Å². The van der Waals surface area contributed by atoms with E-state index >= 15 is 0 Å².